The quantitative estimate of drug-likeness (QED) is 0.624. The van der Waals surface area contributed by atoms with Gasteiger partial charge in [0.1, 0.15) is 0 Å². The normalized spacial score (nSPS) is 13.9. The van der Waals surface area contributed by atoms with Crippen molar-refractivity contribution in [2.75, 3.05) is 11.9 Å². The van der Waals surface area contributed by atoms with Crippen LogP contribution in [0, 0.1) is 10.1 Å². The summed E-state index contributed by atoms with van der Waals surface area (Å²) in [6.45, 7) is 0.375. The van der Waals surface area contributed by atoms with Crippen LogP contribution in [0.2, 0.25) is 0 Å². The van der Waals surface area contributed by atoms with Crippen LogP contribution in [0.1, 0.15) is 0 Å². The van der Waals surface area contributed by atoms with Gasteiger partial charge in [-0.2, -0.15) is 0 Å². The Kier molecular flexibility index (Phi) is 3.42. The van der Waals surface area contributed by atoms with Crippen molar-refractivity contribution in [2.45, 2.75) is 0 Å². The molecule has 19 heavy (non-hydrogen) atoms. The van der Waals surface area contributed by atoms with Gasteiger partial charge in [0.2, 0.25) is 0 Å². The fourth-order valence-corrected chi connectivity index (χ4v) is 1.47. The van der Waals surface area contributed by atoms with Crippen molar-refractivity contribution < 1.29 is 14.5 Å². The molecule has 1 aliphatic heterocycles. The standard InChI is InChI=1S/C11H10N4O4/c16-10-12-6-1-7-14(10)11(17)13-8-2-4-9(5-3-8)15(18)19/h1-5,7H,6H2,(H,12,16)(H,13,17). The molecule has 1 aliphatic rings. The van der Waals surface area contributed by atoms with E-state index in [1.165, 1.54) is 30.5 Å². The first kappa shape index (κ1) is 12.6. The second-order valence-corrected chi connectivity index (χ2v) is 3.67. The van der Waals surface area contributed by atoms with Gasteiger partial charge in [-0.25, -0.2) is 14.5 Å². The third kappa shape index (κ3) is 2.86. The summed E-state index contributed by atoms with van der Waals surface area (Å²) in [5, 5.41) is 15.4. The lowest BCUT2D eigenvalue weighted by molar-refractivity contribution is -0.384. The minimum Gasteiger partial charge on any atom is -0.334 e. The van der Waals surface area contributed by atoms with Gasteiger partial charge in [-0.05, 0) is 18.2 Å². The van der Waals surface area contributed by atoms with Gasteiger partial charge >= 0.3 is 12.1 Å². The molecule has 0 spiro atoms. The number of nitro groups is 1. The summed E-state index contributed by atoms with van der Waals surface area (Å²) in [6, 6.07) is 4.15. The largest absolute Gasteiger partial charge is 0.334 e. The van der Waals surface area contributed by atoms with Crippen LogP contribution in [0.5, 0.6) is 0 Å². The maximum absolute atomic E-state index is 11.8. The van der Waals surface area contributed by atoms with E-state index in [2.05, 4.69) is 10.6 Å². The van der Waals surface area contributed by atoms with Crippen molar-refractivity contribution in [3.8, 4) is 0 Å². The predicted octanol–water partition coefficient (Wildman–Crippen LogP) is 1.67. The number of non-ortho nitro benzene ring substituents is 1. The van der Waals surface area contributed by atoms with Crippen molar-refractivity contribution >= 4 is 23.4 Å². The molecule has 0 aliphatic carbocycles. The monoisotopic (exact) mass is 262 g/mol. The van der Waals surface area contributed by atoms with Crippen molar-refractivity contribution in [1.29, 1.82) is 0 Å². The summed E-state index contributed by atoms with van der Waals surface area (Å²) in [6.07, 6.45) is 2.98. The highest BCUT2D eigenvalue weighted by atomic mass is 16.6. The Morgan fingerprint density at radius 3 is 2.63 bits per heavy atom. The van der Waals surface area contributed by atoms with Gasteiger partial charge in [0.05, 0.1) is 4.92 Å². The van der Waals surface area contributed by atoms with Gasteiger partial charge in [-0.3, -0.25) is 10.1 Å². The highest BCUT2D eigenvalue weighted by Gasteiger charge is 2.20. The SMILES string of the molecule is O=C1NCC=CN1C(=O)Nc1ccc([N+](=O)[O-])cc1. The van der Waals surface area contributed by atoms with Gasteiger partial charge < -0.3 is 10.6 Å². The number of nitro benzene ring substituents is 1. The van der Waals surface area contributed by atoms with E-state index >= 15 is 0 Å². The van der Waals surface area contributed by atoms with E-state index in [1.807, 2.05) is 0 Å². The number of amides is 4. The molecular weight excluding hydrogens is 252 g/mol. The summed E-state index contributed by atoms with van der Waals surface area (Å²) in [5.74, 6) is 0. The molecule has 0 radical (unpaired) electrons. The molecule has 2 rings (SSSR count). The van der Waals surface area contributed by atoms with E-state index in [0.29, 0.717) is 12.2 Å². The van der Waals surface area contributed by atoms with Crippen LogP contribution in [0.4, 0.5) is 21.0 Å². The minimum absolute atomic E-state index is 0.0754. The highest BCUT2D eigenvalue weighted by Crippen LogP contribution is 2.16. The molecule has 0 saturated carbocycles. The van der Waals surface area contributed by atoms with Gasteiger partial charge in [0.25, 0.3) is 5.69 Å². The summed E-state index contributed by atoms with van der Waals surface area (Å²) >= 11 is 0. The molecule has 1 heterocycles. The number of anilines is 1. The van der Waals surface area contributed by atoms with Crippen molar-refractivity contribution in [2.24, 2.45) is 0 Å². The zero-order valence-electron chi connectivity index (χ0n) is 9.70. The van der Waals surface area contributed by atoms with E-state index < -0.39 is 17.0 Å². The van der Waals surface area contributed by atoms with Crippen LogP contribution in [0.25, 0.3) is 0 Å². The van der Waals surface area contributed by atoms with E-state index in [0.717, 1.165) is 4.90 Å². The fourth-order valence-electron chi connectivity index (χ4n) is 1.47. The van der Waals surface area contributed by atoms with Gasteiger partial charge in [0, 0.05) is 30.6 Å². The molecule has 0 fully saturated rings. The second-order valence-electron chi connectivity index (χ2n) is 3.67. The molecule has 4 amide bonds. The topological polar surface area (TPSA) is 105 Å². The van der Waals surface area contributed by atoms with E-state index in [1.54, 1.807) is 6.08 Å². The molecule has 1 aromatic carbocycles. The average Bonchev–Trinajstić information content (AvgIpc) is 2.39. The maximum atomic E-state index is 11.8. The number of rotatable bonds is 2. The Morgan fingerprint density at radius 2 is 2.05 bits per heavy atom. The summed E-state index contributed by atoms with van der Waals surface area (Å²) in [7, 11) is 0. The first-order chi connectivity index (χ1) is 9.08. The molecule has 0 unspecified atom stereocenters. The minimum atomic E-state index is -0.637. The number of hydrogen-bond donors (Lipinski definition) is 2. The Hall–Kier alpha value is -2.90. The Bertz CT molecular complexity index is 552. The number of hydrogen-bond acceptors (Lipinski definition) is 4. The summed E-state index contributed by atoms with van der Waals surface area (Å²) in [4.78, 5) is 34.0. The number of nitrogens with one attached hydrogen (secondary N) is 2. The van der Waals surface area contributed by atoms with Crippen LogP contribution in [0.3, 0.4) is 0 Å². The zero-order chi connectivity index (χ0) is 13.8. The van der Waals surface area contributed by atoms with Gasteiger partial charge in [-0.1, -0.05) is 0 Å². The van der Waals surface area contributed by atoms with Crippen molar-refractivity contribution in [3.05, 3.63) is 46.7 Å². The van der Waals surface area contributed by atoms with Gasteiger partial charge in [0.15, 0.2) is 0 Å². The molecule has 98 valence electrons. The zero-order valence-corrected chi connectivity index (χ0v) is 9.70. The first-order valence-electron chi connectivity index (χ1n) is 5.37. The third-order valence-electron chi connectivity index (χ3n) is 2.39. The smallest absolute Gasteiger partial charge is 0.334 e. The molecule has 0 bridgehead atoms. The van der Waals surface area contributed by atoms with Crippen LogP contribution < -0.4 is 10.6 Å². The molecule has 0 aromatic heterocycles. The fraction of sp³-hybridized carbons (Fsp3) is 0.0909. The highest BCUT2D eigenvalue weighted by molar-refractivity contribution is 6.02. The van der Waals surface area contributed by atoms with E-state index in [4.69, 9.17) is 0 Å². The maximum Gasteiger partial charge on any atom is 0.334 e. The molecule has 8 heteroatoms. The lowest BCUT2D eigenvalue weighted by Gasteiger charge is -2.20. The number of benzene rings is 1. The second kappa shape index (κ2) is 5.17. The van der Waals surface area contributed by atoms with Crippen LogP contribution in [-0.2, 0) is 0 Å². The average molecular weight is 262 g/mol. The summed E-state index contributed by atoms with van der Waals surface area (Å²) in [5.41, 5.74) is 0.288. The molecule has 0 saturated heterocycles. The number of urea groups is 2. The lowest BCUT2D eigenvalue weighted by atomic mass is 10.3. The lowest BCUT2D eigenvalue weighted by Crippen LogP contribution is -2.45. The molecule has 1 aromatic rings. The van der Waals surface area contributed by atoms with Gasteiger partial charge in [-0.15, -0.1) is 0 Å². The first-order valence-corrected chi connectivity index (χ1v) is 5.37. The van der Waals surface area contributed by atoms with Crippen LogP contribution >= 0.6 is 0 Å². The Morgan fingerprint density at radius 1 is 1.37 bits per heavy atom. The van der Waals surface area contributed by atoms with Crippen LogP contribution in [0.15, 0.2) is 36.5 Å². The third-order valence-corrected chi connectivity index (χ3v) is 2.39. The Labute approximate surface area is 107 Å². The molecule has 0 atom stereocenters. The molecule has 2 N–H and O–H groups in total. The van der Waals surface area contributed by atoms with Crippen molar-refractivity contribution in [3.63, 3.8) is 0 Å². The van der Waals surface area contributed by atoms with Crippen LogP contribution in [-0.4, -0.2) is 28.4 Å². The number of imide groups is 1. The predicted molar refractivity (Wildman–Crippen MR) is 66.5 cm³/mol. The summed E-state index contributed by atoms with van der Waals surface area (Å²) < 4.78 is 0. The number of nitrogens with zero attached hydrogens (tertiary/aromatic N) is 2. The van der Waals surface area contributed by atoms with E-state index in [-0.39, 0.29) is 5.69 Å². The van der Waals surface area contributed by atoms with Crippen molar-refractivity contribution in [1.82, 2.24) is 10.2 Å². The molecular formula is C11H10N4O4. The Balaban J connectivity index is 2.06. The number of carbonyl (C=O) groups is 2. The van der Waals surface area contributed by atoms with E-state index in [9.17, 15) is 19.7 Å². The number of carbonyl (C=O) groups excluding carboxylic acids is 2. The molecule has 8 nitrogen and oxygen atoms in total.